The molecule has 1 rings (SSSR count). The lowest BCUT2D eigenvalue weighted by Gasteiger charge is -2.13. The Hall–Kier alpha value is -1.46. The van der Waals surface area contributed by atoms with Crippen molar-refractivity contribution >= 4 is 35.1 Å². The van der Waals surface area contributed by atoms with Gasteiger partial charge in [0.25, 0.3) is 5.91 Å². The van der Waals surface area contributed by atoms with E-state index in [2.05, 4.69) is 5.32 Å². The first kappa shape index (κ1) is 17.6. The van der Waals surface area contributed by atoms with Crippen LogP contribution in [0.15, 0.2) is 18.2 Å². The largest absolute Gasteiger partial charge is 0.484 e. The fourth-order valence-electron chi connectivity index (χ4n) is 1.71. The van der Waals surface area contributed by atoms with Crippen LogP contribution in [0.5, 0.6) is 5.75 Å². The SMILES string of the molecule is CCCC(CNC(=O)COc1cc(Cl)cc(Cl)c1)C(=O)O. The Labute approximate surface area is 133 Å². The Morgan fingerprint density at radius 2 is 1.90 bits per heavy atom. The summed E-state index contributed by atoms with van der Waals surface area (Å²) in [6.45, 7) is 1.75. The van der Waals surface area contributed by atoms with Crippen molar-refractivity contribution in [3.8, 4) is 5.75 Å². The summed E-state index contributed by atoms with van der Waals surface area (Å²) in [6, 6.07) is 4.63. The number of halogens is 2. The summed E-state index contributed by atoms with van der Waals surface area (Å²) in [5, 5.41) is 12.3. The van der Waals surface area contributed by atoms with Crippen LogP contribution in [0.3, 0.4) is 0 Å². The summed E-state index contributed by atoms with van der Waals surface area (Å²) in [5.74, 6) is -1.52. The number of carbonyl (C=O) groups is 2. The lowest BCUT2D eigenvalue weighted by molar-refractivity contribution is -0.142. The quantitative estimate of drug-likeness (QED) is 0.766. The number of aliphatic carboxylic acids is 1. The molecule has 0 spiro atoms. The van der Waals surface area contributed by atoms with Crippen molar-refractivity contribution in [3.63, 3.8) is 0 Å². The van der Waals surface area contributed by atoms with E-state index >= 15 is 0 Å². The molecule has 116 valence electrons. The van der Waals surface area contributed by atoms with Gasteiger partial charge in [-0.15, -0.1) is 0 Å². The van der Waals surface area contributed by atoms with E-state index in [-0.39, 0.29) is 13.2 Å². The molecular weight excluding hydrogens is 317 g/mol. The molecule has 1 aromatic rings. The standard InChI is InChI=1S/C14H17Cl2NO4/c1-2-3-9(14(19)20)7-17-13(18)8-21-12-5-10(15)4-11(16)6-12/h4-6,9H,2-3,7-8H2,1H3,(H,17,18)(H,19,20). The predicted molar refractivity (Wildman–Crippen MR) is 81.0 cm³/mol. The van der Waals surface area contributed by atoms with Crippen LogP contribution in [0.25, 0.3) is 0 Å². The molecule has 0 bridgehead atoms. The van der Waals surface area contributed by atoms with Crippen LogP contribution in [-0.4, -0.2) is 30.1 Å². The van der Waals surface area contributed by atoms with Gasteiger partial charge < -0.3 is 15.2 Å². The van der Waals surface area contributed by atoms with Gasteiger partial charge in [-0.25, -0.2) is 0 Å². The summed E-state index contributed by atoms with van der Waals surface area (Å²) in [4.78, 5) is 22.6. The number of nitrogens with one attached hydrogen (secondary N) is 1. The number of carbonyl (C=O) groups excluding carboxylic acids is 1. The van der Waals surface area contributed by atoms with Gasteiger partial charge >= 0.3 is 5.97 Å². The second-order valence-corrected chi connectivity index (χ2v) is 5.39. The van der Waals surface area contributed by atoms with Crippen LogP contribution >= 0.6 is 23.2 Å². The minimum absolute atomic E-state index is 0.0850. The average molecular weight is 334 g/mol. The third-order valence-corrected chi connectivity index (χ3v) is 3.17. The van der Waals surface area contributed by atoms with Crippen molar-refractivity contribution in [1.82, 2.24) is 5.32 Å². The fourth-order valence-corrected chi connectivity index (χ4v) is 2.22. The lowest BCUT2D eigenvalue weighted by Crippen LogP contribution is -2.35. The van der Waals surface area contributed by atoms with E-state index in [4.69, 9.17) is 33.0 Å². The Bertz CT molecular complexity index is 487. The van der Waals surface area contributed by atoms with Crippen molar-refractivity contribution in [2.45, 2.75) is 19.8 Å². The molecule has 0 heterocycles. The Morgan fingerprint density at radius 1 is 1.29 bits per heavy atom. The van der Waals surface area contributed by atoms with Crippen molar-refractivity contribution in [2.75, 3.05) is 13.2 Å². The molecular formula is C14H17Cl2NO4. The molecule has 0 aromatic heterocycles. The smallest absolute Gasteiger partial charge is 0.308 e. The van der Waals surface area contributed by atoms with Gasteiger partial charge in [-0.3, -0.25) is 9.59 Å². The van der Waals surface area contributed by atoms with Gasteiger partial charge in [-0.05, 0) is 24.6 Å². The van der Waals surface area contributed by atoms with Gasteiger partial charge in [-0.2, -0.15) is 0 Å². The number of hydrogen-bond donors (Lipinski definition) is 2. The third kappa shape index (κ3) is 6.69. The van der Waals surface area contributed by atoms with Crippen molar-refractivity contribution in [3.05, 3.63) is 28.2 Å². The zero-order chi connectivity index (χ0) is 15.8. The number of carboxylic acid groups (broad SMARTS) is 1. The normalized spacial score (nSPS) is 11.8. The Balaban J connectivity index is 2.41. The van der Waals surface area contributed by atoms with Crippen LogP contribution in [-0.2, 0) is 9.59 Å². The van der Waals surface area contributed by atoms with Crippen molar-refractivity contribution in [2.24, 2.45) is 5.92 Å². The molecule has 5 nitrogen and oxygen atoms in total. The molecule has 0 aliphatic carbocycles. The first-order chi connectivity index (χ1) is 9.92. The highest BCUT2D eigenvalue weighted by atomic mass is 35.5. The summed E-state index contributed by atoms with van der Waals surface area (Å²) >= 11 is 11.6. The average Bonchev–Trinajstić information content (AvgIpc) is 2.39. The fraction of sp³-hybridized carbons (Fsp3) is 0.429. The molecule has 0 aliphatic heterocycles. The number of benzene rings is 1. The molecule has 1 amide bonds. The molecule has 0 radical (unpaired) electrons. The summed E-state index contributed by atoms with van der Waals surface area (Å²) in [5.41, 5.74) is 0. The zero-order valence-corrected chi connectivity index (χ0v) is 13.1. The van der Waals surface area contributed by atoms with Gasteiger partial charge in [0.15, 0.2) is 6.61 Å². The molecule has 0 aliphatic rings. The van der Waals surface area contributed by atoms with Crippen LogP contribution in [0.2, 0.25) is 10.0 Å². The Morgan fingerprint density at radius 3 is 2.43 bits per heavy atom. The van der Waals surface area contributed by atoms with Gasteiger partial charge in [0.1, 0.15) is 5.75 Å². The first-order valence-electron chi connectivity index (χ1n) is 6.50. The van der Waals surface area contributed by atoms with Gasteiger partial charge in [-0.1, -0.05) is 36.5 Å². The molecule has 7 heteroatoms. The van der Waals surface area contributed by atoms with Crippen LogP contribution < -0.4 is 10.1 Å². The number of rotatable bonds is 8. The summed E-state index contributed by atoms with van der Waals surface area (Å²) in [6.07, 6.45) is 1.25. The molecule has 2 N–H and O–H groups in total. The van der Waals surface area contributed by atoms with E-state index < -0.39 is 17.8 Å². The highest BCUT2D eigenvalue weighted by molar-refractivity contribution is 6.34. The second kappa shape index (κ2) is 8.74. The molecule has 1 atom stereocenters. The predicted octanol–water partition coefficient (Wildman–Crippen LogP) is 2.99. The number of hydrogen-bond acceptors (Lipinski definition) is 3. The van der Waals surface area contributed by atoms with Gasteiger partial charge in [0, 0.05) is 16.6 Å². The second-order valence-electron chi connectivity index (χ2n) is 4.52. The van der Waals surface area contributed by atoms with E-state index in [1.54, 1.807) is 6.07 Å². The minimum atomic E-state index is -0.917. The van der Waals surface area contributed by atoms with E-state index in [0.29, 0.717) is 22.2 Å². The maximum absolute atomic E-state index is 11.6. The van der Waals surface area contributed by atoms with Crippen LogP contribution in [0.4, 0.5) is 0 Å². The molecule has 0 saturated heterocycles. The van der Waals surface area contributed by atoms with E-state index in [0.717, 1.165) is 6.42 Å². The topological polar surface area (TPSA) is 75.6 Å². The summed E-state index contributed by atoms with van der Waals surface area (Å²) in [7, 11) is 0. The molecule has 0 fully saturated rings. The van der Waals surface area contributed by atoms with E-state index in [1.807, 2.05) is 6.92 Å². The van der Waals surface area contributed by atoms with Crippen molar-refractivity contribution in [1.29, 1.82) is 0 Å². The highest BCUT2D eigenvalue weighted by Gasteiger charge is 2.17. The number of carboxylic acids is 1. The number of amides is 1. The van der Waals surface area contributed by atoms with Crippen molar-refractivity contribution < 1.29 is 19.4 Å². The molecule has 1 unspecified atom stereocenters. The monoisotopic (exact) mass is 333 g/mol. The highest BCUT2D eigenvalue weighted by Crippen LogP contribution is 2.23. The Kier molecular flexibility index (Phi) is 7.32. The maximum Gasteiger partial charge on any atom is 0.308 e. The third-order valence-electron chi connectivity index (χ3n) is 2.74. The van der Waals surface area contributed by atoms with Crippen LogP contribution in [0.1, 0.15) is 19.8 Å². The molecule has 1 aromatic carbocycles. The molecule has 0 saturated carbocycles. The lowest BCUT2D eigenvalue weighted by atomic mass is 10.0. The maximum atomic E-state index is 11.6. The first-order valence-corrected chi connectivity index (χ1v) is 7.26. The van der Waals surface area contributed by atoms with Gasteiger partial charge in [0.2, 0.25) is 0 Å². The summed E-state index contributed by atoms with van der Waals surface area (Å²) < 4.78 is 5.25. The minimum Gasteiger partial charge on any atom is -0.484 e. The van der Waals surface area contributed by atoms with Crippen LogP contribution in [0, 0.1) is 5.92 Å². The van der Waals surface area contributed by atoms with Gasteiger partial charge in [0.05, 0.1) is 5.92 Å². The van der Waals surface area contributed by atoms with E-state index in [1.165, 1.54) is 12.1 Å². The molecule has 21 heavy (non-hydrogen) atoms. The number of ether oxygens (including phenoxy) is 1. The van der Waals surface area contributed by atoms with E-state index in [9.17, 15) is 9.59 Å². The zero-order valence-electron chi connectivity index (χ0n) is 11.6.